The standard InChI is InChI=1S/C21H22F2N6O2/c22-13-3-4-16(23)15(10-13)18-2-1-7-28(18)19-6-9-29-20(26-19)17(11-24-29)25-21(31)27-8-5-14(30)12-27/h3-4,6,9-11,14,18,30H,1-2,5,7-8,12H2,(H,25,31)/t14-,18?/m0/s1. The Labute approximate surface area is 177 Å². The molecule has 2 aromatic heterocycles. The number of aromatic nitrogens is 3. The average molecular weight is 428 g/mol. The molecule has 31 heavy (non-hydrogen) atoms. The highest BCUT2D eigenvalue weighted by molar-refractivity contribution is 5.93. The summed E-state index contributed by atoms with van der Waals surface area (Å²) in [5, 5.41) is 16.7. The number of carbonyl (C=O) groups excluding carboxylic acids is 1. The Kier molecular flexibility index (Phi) is 4.93. The van der Waals surface area contributed by atoms with Crippen LogP contribution in [-0.2, 0) is 0 Å². The molecule has 2 fully saturated rings. The van der Waals surface area contributed by atoms with Gasteiger partial charge in [-0.25, -0.2) is 23.1 Å². The van der Waals surface area contributed by atoms with Gasteiger partial charge in [-0.15, -0.1) is 0 Å². The Balaban J connectivity index is 1.43. The molecule has 2 amide bonds. The van der Waals surface area contributed by atoms with Gasteiger partial charge in [-0.3, -0.25) is 0 Å². The SMILES string of the molecule is O=C(Nc1cnn2ccc(N3CCCC3c3cc(F)ccc3F)nc12)N1CC[C@H](O)C1. The monoisotopic (exact) mass is 428 g/mol. The molecule has 0 radical (unpaired) electrons. The number of hydrogen-bond donors (Lipinski definition) is 2. The van der Waals surface area contributed by atoms with Gasteiger partial charge in [0.1, 0.15) is 23.1 Å². The van der Waals surface area contributed by atoms with Crippen LogP contribution in [0.15, 0.2) is 36.7 Å². The van der Waals surface area contributed by atoms with Crippen molar-refractivity contribution in [2.24, 2.45) is 0 Å². The van der Waals surface area contributed by atoms with Gasteiger partial charge in [0.05, 0.1) is 18.3 Å². The highest BCUT2D eigenvalue weighted by atomic mass is 19.1. The summed E-state index contributed by atoms with van der Waals surface area (Å²) in [5.41, 5.74) is 1.21. The zero-order valence-electron chi connectivity index (χ0n) is 16.7. The average Bonchev–Trinajstić information content (AvgIpc) is 3.49. The van der Waals surface area contributed by atoms with Gasteiger partial charge in [0.2, 0.25) is 0 Å². The summed E-state index contributed by atoms with van der Waals surface area (Å²) < 4.78 is 29.7. The van der Waals surface area contributed by atoms with E-state index < -0.39 is 17.7 Å². The second-order valence-electron chi connectivity index (χ2n) is 7.95. The van der Waals surface area contributed by atoms with Gasteiger partial charge in [-0.05, 0) is 43.5 Å². The molecule has 10 heteroatoms. The maximum Gasteiger partial charge on any atom is 0.322 e. The lowest BCUT2D eigenvalue weighted by Crippen LogP contribution is -2.33. The summed E-state index contributed by atoms with van der Waals surface area (Å²) in [6, 6.07) is 4.64. The van der Waals surface area contributed by atoms with Crippen LogP contribution in [0.3, 0.4) is 0 Å². The first-order valence-corrected chi connectivity index (χ1v) is 10.3. The summed E-state index contributed by atoms with van der Waals surface area (Å²) in [4.78, 5) is 20.7. The zero-order valence-corrected chi connectivity index (χ0v) is 16.7. The molecule has 1 unspecified atom stereocenters. The van der Waals surface area contributed by atoms with Crippen LogP contribution in [0.1, 0.15) is 30.9 Å². The van der Waals surface area contributed by atoms with E-state index in [1.807, 2.05) is 4.90 Å². The van der Waals surface area contributed by atoms with Crippen LogP contribution in [-0.4, -0.2) is 56.4 Å². The minimum atomic E-state index is -0.505. The fourth-order valence-electron chi connectivity index (χ4n) is 4.36. The molecule has 0 bridgehead atoms. The molecular weight excluding hydrogens is 406 g/mol. The maximum absolute atomic E-state index is 14.4. The molecule has 162 valence electrons. The Morgan fingerprint density at radius 2 is 2.06 bits per heavy atom. The molecule has 2 aliphatic heterocycles. The van der Waals surface area contributed by atoms with E-state index in [0.717, 1.165) is 18.6 Å². The minimum absolute atomic E-state index is 0.290. The number of likely N-dealkylation sites (tertiary alicyclic amines) is 1. The first kappa shape index (κ1) is 19.7. The van der Waals surface area contributed by atoms with Gasteiger partial charge in [-0.1, -0.05) is 0 Å². The Morgan fingerprint density at radius 3 is 2.87 bits per heavy atom. The second-order valence-corrected chi connectivity index (χ2v) is 7.95. The van der Waals surface area contributed by atoms with Gasteiger partial charge in [0.15, 0.2) is 5.65 Å². The van der Waals surface area contributed by atoms with Crippen LogP contribution in [0.4, 0.5) is 25.1 Å². The number of β-amino-alcohol motifs (C(OH)–C–C–N with tert-alkyl or cyclic N) is 1. The molecule has 0 saturated carbocycles. The molecule has 3 aromatic rings. The van der Waals surface area contributed by atoms with E-state index in [1.54, 1.807) is 21.7 Å². The van der Waals surface area contributed by atoms with E-state index in [-0.39, 0.29) is 12.1 Å². The lowest BCUT2D eigenvalue weighted by molar-refractivity contribution is 0.176. The van der Waals surface area contributed by atoms with Crippen molar-refractivity contribution >= 4 is 23.2 Å². The number of hydrogen-bond acceptors (Lipinski definition) is 5. The van der Waals surface area contributed by atoms with E-state index in [1.165, 1.54) is 12.3 Å². The number of benzene rings is 1. The molecule has 8 nitrogen and oxygen atoms in total. The van der Waals surface area contributed by atoms with Crippen LogP contribution >= 0.6 is 0 Å². The molecule has 2 atom stereocenters. The summed E-state index contributed by atoms with van der Waals surface area (Å²) in [5.74, 6) is -0.310. The second kappa shape index (κ2) is 7.77. The van der Waals surface area contributed by atoms with E-state index in [4.69, 9.17) is 0 Å². The first-order valence-electron chi connectivity index (χ1n) is 10.3. The van der Waals surface area contributed by atoms with Crippen LogP contribution < -0.4 is 10.2 Å². The Hall–Kier alpha value is -3.27. The first-order chi connectivity index (χ1) is 15.0. The fraction of sp³-hybridized carbons (Fsp3) is 0.381. The van der Waals surface area contributed by atoms with Crippen molar-refractivity contribution in [2.75, 3.05) is 29.9 Å². The minimum Gasteiger partial charge on any atom is -0.391 e. The van der Waals surface area contributed by atoms with Gasteiger partial charge in [-0.2, -0.15) is 5.10 Å². The van der Waals surface area contributed by atoms with E-state index in [2.05, 4.69) is 15.4 Å². The lowest BCUT2D eigenvalue weighted by atomic mass is 10.0. The smallest absolute Gasteiger partial charge is 0.322 e. The van der Waals surface area contributed by atoms with Gasteiger partial charge in [0.25, 0.3) is 0 Å². The number of aliphatic hydroxyl groups is 1. The number of anilines is 2. The molecule has 2 saturated heterocycles. The topological polar surface area (TPSA) is 86.0 Å². The Morgan fingerprint density at radius 1 is 1.19 bits per heavy atom. The molecule has 1 aromatic carbocycles. The molecule has 2 aliphatic rings. The third kappa shape index (κ3) is 3.67. The lowest BCUT2D eigenvalue weighted by Gasteiger charge is -2.26. The highest BCUT2D eigenvalue weighted by Gasteiger charge is 2.30. The van der Waals surface area contributed by atoms with Crippen LogP contribution in [0.25, 0.3) is 5.65 Å². The summed E-state index contributed by atoms with van der Waals surface area (Å²) in [6.45, 7) is 1.43. The third-order valence-electron chi connectivity index (χ3n) is 5.91. The van der Waals surface area contributed by atoms with Crippen molar-refractivity contribution in [3.05, 3.63) is 53.9 Å². The van der Waals surface area contributed by atoms with Crippen LogP contribution in [0.2, 0.25) is 0 Å². The molecule has 5 rings (SSSR count). The summed E-state index contributed by atoms with van der Waals surface area (Å²) >= 11 is 0. The van der Waals surface area contributed by atoms with Crippen molar-refractivity contribution < 1.29 is 18.7 Å². The number of halogens is 2. The largest absolute Gasteiger partial charge is 0.391 e. The van der Waals surface area contributed by atoms with Gasteiger partial charge in [0, 0.05) is 31.4 Å². The number of urea groups is 1. The normalized spacial score (nSPS) is 21.3. The van der Waals surface area contributed by atoms with Crippen molar-refractivity contribution in [3.63, 3.8) is 0 Å². The number of nitrogens with one attached hydrogen (secondary N) is 1. The Bertz CT molecular complexity index is 1140. The van der Waals surface area contributed by atoms with Gasteiger partial charge >= 0.3 is 6.03 Å². The number of carbonyl (C=O) groups is 1. The zero-order chi connectivity index (χ0) is 21.5. The summed E-state index contributed by atoms with van der Waals surface area (Å²) in [7, 11) is 0. The number of amides is 2. The van der Waals surface area contributed by atoms with Crippen molar-refractivity contribution in [2.45, 2.75) is 31.4 Å². The molecular formula is C21H22F2N6O2. The number of aliphatic hydroxyl groups excluding tert-OH is 1. The molecule has 0 spiro atoms. The van der Waals surface area contributed by atoms with E-state index >= 15 is 0 Å². The molecule has 0 aliphatic carbocycles. The number of fused-ring (bicyclic) bond motifs is 1. The van der Waals surface area contributed by atoms with Gasteiger partial charge < -0.3 is 20.2 Å². The summed E-state index contributed by atoms with van der Waals surface area (Å²) in [6.07, 6.45) is 4.81. The van der Waals surface area contributed by atoms with Crippen LogP contribution in [0, 0.1) is 11.6 Å². The highest BCUT2D eigenvalue weighted by Crippen LogP contribution is 2.37. The number of rotatable bonds is 3. The van der Waals surface area contributed by atoms with Crippen molar-refractivity contribution in [3.8, 4) is 0 Å². The quantitative estimate of drug-likeness (QED) is 0.670. The molecule has 2 N–H and O–H groups in total. The molecule has 4 heterocycles. The predicted octanol–water partition coefficient (Wildman–Crippen LogP) is 2.95. The maximum atomic E-state index is 14.4. The van der Waals surface area contributed by atoms with Crippen molar-refractivity contribution in [1.29, 1.82) is 0 Å². The van der Waals surface area contributed by atoms with E-state index in [0.29, 0.717) is 55.2 Å². The predicted molar refractivity (Wildman–Crippen MR) is 110 cm³/mol. The third-order valence-corrected chi connectivity index (χ3v) is 5.91. The number of nitrogens with zero attached hydrogens (tertiary/aromatic N) is 5. The van der Waals surface area contributed by atoms with E-state index in [9.17, 15) is 18.7 Å². The van der Waals surface area contributed by atoms with Crippen LogP contribution in [0.5, 0.6) is 0 Å². The van der Waals surface area contributed by atoms with Crippen molar-refractivity contribution in [1.82, 2.24) is 19.5 Å². The fourth-order valence-corrected chi connectivity index (χ4v) is 4.36.